The van der Waals surface area contributed by atoms with Gasteiger partial charge >= 0.3 is 0 Å². The summed E-state index contributed by atoms with van der Waals surface area (Å²) in [5.74, 6) is 1.71. The summed E-state index contributed by atoms with van der Waals surface area (Å²) in [5.41, 5.74) is 0. The van der Waals surface area contributed by atoms with E-state index in [1.54, 1.807) is 6.92 Å². The highest BCUT2D eigenvalue weighted by atomic mass is 16.5. The van der Waals surface area contributed by atoms with Crippen molar-refractivity contribution in [3.8, 4) is 0 Å². The lowest BCUT2D eigenvalue weighted by Gasteiger charge is -2.34. The maximum Gasteiger partial charge on any atom is 0.236 e. The van der Waals surface area contributed by atoms with Crippen LogP contribution in [0.4, 0.5) is 0 Å². The summed E-state index contributed by atoms with van der Waals surface area (Å²) in [5, 5.41) is 4.00. The molecule has 7 heteroatoms. The summed E-state index contributed by atoms with van der Waals surface area (Å²) in [6.45, 7) is 6.93. The molecule has 0 spiro atoms. The van der Waals surface area contributed by atoms with E-state index in [0.29, 0.717) is 19.0 Å². The molecule has 0 radical (unpaired) electrons. The normalized spacial score (nSPS) is 24.2. The van der Waals surface area contributed by atoms with Crippen LogP contribution in [0.25, 0.3) is 0 Å². The quantitative estimate of drug-likeness (QED) is 0.804. The maximum atomic E-state index is 12.4. The first-order chi connectivity index (χ1) is 10.2. The average Bonchev–Trinajstić information content (AvgIpc) is 2.95. The molecule has 1 amide bonds. The molecule has 2 saturated heterocycles. The van der Waals surface area contributed by atoms with Crippen molar-refractivity contribution in [1.82, 2.24) is 19.9 Å². The minimum atomic E-state index is 0.196. The summed E-state index contributed by atoms with van der Waals surface area (Å²) in [6, 6.07) is 0. The minimum Gasteiger partial charge on any atom is -0.379 e. The number of ether oxygens (including phenoxy) is 1. The number of carbonyl (C=O) groups excluding carboxylic acids is 1. The van der Waals surface area contributed by atoms with Crippen LogP contribution in [0, 0.1) is 6.92 Å². The molecule has 116 valence electrons. The Morgan fingerprint density at radius 3 is 2.86 bits per heavy atom. The molecular weight excluding hydrogens is 272 g/mol. The third kappa shape index (κ3) is 3.59. The lowest BCUT2D eigenvalue weighted by Crippen LogP contribution is -2.47. The van der Waals surface area contributed by atoms with Gasteiger partial charge in [0.05, 0.1) is 19.8 Å². The Morgan fingerprint density at radius 1 is 1.33 bits per heavy atom. The molecule has 3 heterocycles. The molecule has 2 aliphatic rings. The van der Waals surface area contributed by atoms with Crippen LogP contribution in [0.1, 0.15) is 30.5 Å². The molecule has 0 bridgehead atoms. The number of nitrogens with zero attached hydrogens (tertiary/aromatic N) is 4. The lowest BCUT2D eigenvalue weighted by molar-refractivity contribution is -0.134. The number of carbonyl (C=O) groups is 1. The molecule has 1 aromatic rings. The predicted molar refractivity (Wildman–Crippen MR) is 74.8 cm³/mol. The molecule has 0 unspecified atom stereocenters. The van der Waals surface area contributed by atoms with Crippen molar-refractivity contribution in [1.29, 1.82) is 0 Å². The zero-order chi connectivity index (χ0) is 14.7. The van der Waals surface area contributed by atoms with Gasteiger partial charge in [-0.3, -0.25) is 9.69 Å². The van der Waals surface area contributed by atoms with Gasteiger partial charge in [0.2, 0.25) is 11.8 Å². The van der Waals surface area contributed by atoms with Crippen LogP contribution < -0.4 is 0 Å². The van der Waals surface area contributed by atoms with E-state index in [1.807, 2.05) is 4.90 Å². The number of amides is 1. The highest BCUT2D eigenvalue weighted by molar-refractivity contribution is 5.78. The van der Waals surface area contributed by atoms with E-state index in [9.17, 15) is 4.79 Å². The van der Waals surface area contributed by atoms with Gasteiger partial charge in [-0.1, -0.05) is 5.16 Å². The Hall–Kier alpha value is -1.47. The first kappa shape index (κ1) is 14.5. The predicted octanol–water partition coefficient (Wildman–Crippen LogP) is 0.416. The monoisotopic (exact) mass is 294 g/mol. The molecule has 0 saturated carbocycles. The zero-order valence-corrected chi connectivity index (χ0v) is 12.5. The van der Waals surface area contributed by atoms with Gasteiger partial charge in [-0.15, -0.1) is 0 Å². The van der Waals surface area contributed by atoms with Crippen LogP contribution in [0.15, 0.2) is 4.52 Å². The third-order valence-electron chi connectivity index (χ3n) is 4.15. The Balaban J connectivity index is 1.56. The Kier molecular flexibility index (Phi) is 4.50. The largest absolute Gasteiger partial charge is 0.379 e. The third-order valence-corrected chi connectivity index (χ3v) is 4.15. The van der Waals surface area contributed by atoms with Gasteiger partial charge in [0.1, 0.15) is 0 Å². The van der Waals surface area contributed by atoms with E-state index in [0.717, 1.165) is 51.5 Å². The van der Waals surface area contributed by atoms with Crippen molar-refractivity contribution in [2.24, 2.45) is 0 Å². The number of rotatable bonds is 3. The smallest absolute Gasteiger partial charge is 0.236 e. The molecule has 0 aromatic carbocycles. The lowest BCUT2D eigenvalue weighted by atomic mass is 9.97. The fraction of sp³-hybridized carbons (Fsp3) is 0.786. The number of hydrogen-bond acceptors (Lipinski definition) is 6. The summed E-state index contributed by atoms with van der Waals surface area (Å²) < 4.78 is 10.4. The van der Waals surface area contributed by atoms with Crippen molar-refractivity contribution in [3.63, 3.8) is 0 Å². The zero-order valence-electron chi connectivity index (χ0n) is 12.5. The molecule has 1 aromatic heterocycles. The second-order valence-corrected chi connectivity index (χ2v) is 5.74. The van der Waals surface area contributed by atoms with Crippen LogP contribution in [-0.4, -0.2) is 71.8 Å². The number of piperidine rings is 1. The van der Waals surface area contributed by atoms with E-state index >= 15 is 0 Å². The van der Waals surface area contributed by atoms with Gasteiger partial charge in [-0.2, -0.15) is 4.98 Å². The average molecular weight is 294 g/mol. The van der Waals surface area contributed by atoms with Crippen LogP contribution in [0.5, 0.6) is 0 Å². The van der Waals surface area contributed by atoms with Crippen LogP contribution >= 0.6 is 0 Å². The topological polar surface area (TPSA) is 71.7 Å². The first-order valence-electron chi connectivity index (χ1n) is 7.60. The summed E-state index contributed by atoms with van der Waals surface area (Å²) in [7, 11) is 0. The molecule has 1 atom stereocenters. The summed E-state index contributed by atoms with van der Waals surface area (Å²) in [4.78, 5) is 20.8. The second kappa shape index (κ2) is 6.53. The van der Waals surface area contributed by atoms with E-state index in [2.05, 4.69) is 15.0 Å². The Morgan fingerprint density at radius 2 is 2.14 bits per heavy atom. The number of aryl methyl sites for hydroxylation is 1. The van der Waals surface area contributed by atoms with Crippen LogP contribution in [0.3, 0.4) is 0 Å². The van der Waals surface area contributed by atoms with Crippen molar-refractivity contribution >= 4 is 5.91 Å². The number of hydrogen-bond donors (Lipinski definition) is 0. The SMILES string of the molecule is Cc1nc([C@@H]2CCCN(C(=O)CN3CCOCC3)C2)no1. The summed E-state index contributed by atoms with van der Waals surface area (Å²) >= 11 is 0. The molecular formula is C14H22N4O3. The van der Waals surface area contributed by atoms with Crippen molar-refractivity contribution in [3.05, 3.63) is 11.7 Å². The molecule has 0 N–H and O–H groups in total. The molecule has 7 nitrogen and oxygen atoms in total. The van der Waals surface area contributed by atoms with Crippen molar-refractivity contribution < 1.29 is 14.1 Å². The van der Waals surface area contributed by atoms with Crippen molar-refractivity contribution in [2.75, 3.05) is 45.9 Å². The van der Waals surface area contributed by atoms with E-state index in [1.165, 1.54) is 0 Å². The molecule has 2 aliphatic heterocycles. The Labute approximate surface area is 124 Å². The number of morpholine rings is 1. The number of likely N-dealkylation sites (tertiary alicyclic amines) is 1. The fourth-order valence-electron chi connectivity index (χ4n) is 2.95. The van der Waals surface area contributed by atoms with Gasteiger partial charge in [-0.25, -0.2) is 0 Å². The Bertz CT molecular complexity index is 484. The van der Waals surface area contributed by atoms with Crippen molar-refractivity contribution in [2.45, 2.75) is 25.7 Å². The second-order valence-electron chi connectivity index (χ2n) is 5.74. The standard InChI is InChI=1S/C14H22N4O3/c1-11-15-14(16-21-11)12-3-2-4-18(9-12)13(19)10-17-5-7-20-8-6-17/h12H,2-10H2,1H3/t12-/m1/s1. The van der Waals surface area contributed by atoms with Gasteiger partial charge < -0.3 is 14.2 Å². The molecule has 2 fully saturated rings. The first-order valence-corrected chi connectivity index (χ1v) is 7.60. The van der Waals surface area contributed by atoms with Gasteiger partial charge in [0.25, 0.3) is 0 Å². The minimum absolute atomic E-state index is 0.196. The highest BCUT2D eigenvalue weighted by Gasteiger charge is 2.28. The maximum absolute atomic E-state index is 12.4. The molecule has 21 heavy (non-hydrogen) atoms. The number of aromatic nitrogens is 2. The van der Waals surface area contributed by atoms with E-state index in [4.69, 9.17) is 9.26 Å². The fourth-order valence-corrected chi connectivity index (χ4v) is 2.95. The molecule has 0 aliphatic carbocycles. The molecule has 3 rings (SSSR count). The van der Waals surface area contributed by atoms with Crippen LogP contribution in [-0.2, 0) is 9.53 Å². The summed E-state index contributed by atoms with van der Waals surface area (Å²) in [6.07, 6.45) is 2.01. The highest BCUT2D eigenvalue weighted by Crippen LogP contribution is 2.24. The van der Waals surface area contributed by atoms with Gasteiger partial charge in [-0.05, 0) is 12.8 Å². The van der Waals surface area contributed by atoms with Crippen LogP contribution in [0.2, 0.25) is 0 Å². The van der Waals surface area contributed by atoms with Gasteiger partial charge in [0.15, 0.2) is 5.82 Å². The van der Waals surface area contributed by atoms with E-state index in [-0.39, 0.29) is 11.8 Å². The van der Waals surface area contributed by atoms with Gasteiger partial charge in [0, 0.05) is 39.0 Å². The van der Waals surface area contributed by atoms with E-state index < -0.39 is 0 Å².